The number of amides is 1. The molecule has 3 rings (SSSR count). The van der Waals surface area contributed by atoms with Crippen molar-refractivity contribution in [1.29, 1.82) is 0 Å². The van der Waals surface area contributed by atoms with Gasteiger partial charge in [-0.05, 0) is 24.6 Å². The molecule has 1 aromatic carbocycles. The largest absolute Gasteiger partial charge is 0.466 e. The van der Waals surface area contributed by atoms with Gasteiger partial charge in [0, 0.05) is 24.3 Å². The van der Waals surface area contributed by atoms with Crippen molar-refractivity contribution in [3.8, 4) is 0 Å². The second kappa shape index (κ2) is 6.67. The third kappa shape index (κ3) is 3.02. The molecule has 0 aromatic heterocycles. The number of nitro groups is 1. The van der Waals surface area contributed by atoms with Crippen LogP contribution in [0.4, 0.5) is 5.69 Å². The summed E-state index contributed by atoms with van der Waals surface area (Å²) in [6.07, 6.45) is 0.334. The molecule has 1 unspecified atom stereocenters. The van der Waals surface area contributed by atoms with Gasteiger partial charge in [0.25, 0.3) is 5.69 Å². The number of hydrogen-bond acceptors (Lipinski definition) is 7. The van der Waals surface area contributed by atoms with Gasteiger partial charge in [-0.3, -0.25) is 19.8 Å². The molecule has 25 heavy (non-hydrogen) atoms. The number of thioether (sulfide) groups is 1. The number of fused-ring (bicyclic) bond motifs is 1. The predicted octanol–water partition coefficient (Wildman–Crippen LogP) is 2.42. The predicted molar refractivity (Wildman–Crippen MR) is 91.9 cm³/mol. The highest BCUT2D eigenvalue weighted by Gasteiger charge is 2.41. The van der Waals surface area contributed by atoms with Crippen LogP contribution in [-0.2, 0) is 14.3 Å². The number of hydrogen-bond donors (Lipinski definition) is 0. The number of carbonyl (C=O) groups is 2. The van der Waals surface area contributed by atoms with Crippen LogP contribution in [0.5, 0.6) is 0 Å². The zero-order valence-electron chi connectivity index (χ0n) is 13.6. The minimum atomic E-state index is -0.707. The van der Waals surface area contributed by atoms with Crippen molar-refractivity contribution in [3.05, 3.63) is 51.2 Å². The summed E-state index contributed by atoms with van der Waals surface area (Å²) >= 11 is 1.44. The second-order valence-corrected chi connectivity index (χ2v) is 6.56. The Bertz CT molecular complexity index is 816. The van der Waals surface area contributed by atoms with Crippen molar-refractivity contribution < 1.29 is 19.2 Å². The monoisotopic (exact) mass is 361 g/mol. The summed E-state index contributed by atoms with van der Waals surface area (Å²) < 4.78 is 4.87. The lowest BCUT2D eigenvalue weighted by Gasteiger charge is -2.38. The van der Waals surface area contributed by atoms with E-state index < -0.39 is 16.9 Å². The summed E-state index contributed by atoms with van der Waals surface area (Å²) in [7, 11) is 1.27. The van der Waals surface area contributed by atoms with E-state index >= 15 is 0 Å². The second-order valence-electron chi connectivity index (χ2n) is 5.50. The Morgan fingerprint density at radius 2 is 2.08 bits per heavy atom. The third-order valence-electron chi connectivity index (χ3n) is 4.03. The van der Waals surface area contributed by atoms with E-state index in [1.54, 1.807) is 19.1 Å². The fourth-order valence-electron chi connectivity index (χ4n) is 2.86. The fourth-order valence-corrected chi connectivity index (χ4v) is 3.87. The Morgan fingerprint density at radius 1 is 1.40 bits per heavy atom. The number of esters is 1. The van der Waals surface area contributed by atoms with Gasteiger partial charge < -0.3 is 4.74 Å². The minimum absolute atomic E-state index is 0.0619. The lowest BCUT2D eigenvalue weighted by molar-refractivity contribution is -0.384. The first-order chi connectivity index (χ1) is 11.9. The molecule has 0 bridgehead atoms. The molecule has 9 heteroatoms. The molecule has 1 atom stereocenters. The van der Waals surface area contributed by atoms with Crippen molar-refractivity contribution in [1.82, 2.24) is 4.90 Å². The lowest BCUT2D eigenvalue weighted by atomic mass is 9.94. The van der Waals surface area contributed by atoms with Gasteiger partial charge in [0.2, 0.25) is 5.91 Å². The SMILES string of the molecule is COC(=O)C1=C(C)N=C2SCCC(=O)N2C1c1ccc([N+](=O)[O-])cc1. The van der Waals surface area contributed by atoms with Gasteiger partial charge in [-0.15, -0.1) is 0 Å². The number of ether oxygens (including phenoxy) is 1. The van der Waals surface area contributed by atoms with Crippen LogP contribution in [0.25, 0.3) is 0 Å². The average molecular weight is 361 g/mol. The summed E-state index contributed by atoms with van der Waals surface area (Å²) in [5, 5.41) is 11.4. The maximum Gasteiger partial charge on any atom is 0.338 e. The number of aliphatic imine (C=N–C) groups is 1. The van der Waals surface area contributed by atoms with Gasteiger partial charge in [0.1, 0.15) is 0 Å². The van der Waals surface area contributed by atoms with Crippen molar-refractivity contribution >= 4 is 34.5 Å². The van der Waals surface area contributed by atoms with E-state index in [4.69, 9.17) is 4.74 Å². The highest BCUT2D eigenvalue weighted by Crippen LogP contribution is 2.40. The number of methoxy groups -OCH3 is 1. The van der Waals surface area contributed by atoms with Crippen LogP contribution in [0.3, 0.4) is 0 Å². The first kappa shape index (κ1) is 17.2. The van der Waals surface area contributed by atoms with E-state index in [9.17, 15) is 19.7 Å². The summed E-state index contributed by atoms with van der Waals surface area (Å²) in [5.74, 6) is -0.0936. The molecular formula is C16H15N3O5S. The quantitative estimate of drug-likeness (QED) is 0.465. The van der Waals surface area contributed by atoms with Crippen molar-refractivity contribution in [2.24, 2.45) is 4.99 Å². The molecule has 0 aliphatic carbocycles. The first-order valence-electron chi connectivity index (χ1n) is 7.51. The Balaban J connectivity index is 2.14. The summed E-state index contributed by atoms with van der Waals surface area (Å²) in [5.41, 5.74) is 1.27. The number of nitrogens with zero attached hydrogens (tertiary/aromatic N) is 3. The molecule has 2 aliphatic heterocycles. The van der Waals surface area contributed by atoms with Crippen LogP contribution >= 0.6 is 11.8 Å². The molecule has 130 valence electrons. The number of benzene rings is 1. The van der Waals surface area contributed by atoms with Crippen molar-refractivity contribution in [3.63, 3.8) is 0 Å². The maximum absolute atomic E-state index is 12.5. The summed E-state index contributed by atoms with van der Waals surface area (Å²) in [4.78, 5) is 41.1. The van der Waals surface area contributed by atoms with Gasteiger partial charge in [0.15, 0.2) is 5.17 Å². The van der Waals surface area contributed by atoms with E-state index in [1.165, 1.54) is 35.9 Å². The zero-order chi connectivity index (χ0) is 18.1. The van der Waals surface area contributed by atoms with E-state index in [0.29, 0.717) is 28.6 Å². The topological polar surface area (TPSA) is 102 Å². The highest BCUT2D eigenvalue weighted by molar-refractivity contribution is 8.14. The number of non-ortho nitro benzene ring substituents is 1. The molecule has 2 aliphatic rings. The Hall–Kier alpha value is -2.68. The van der Waals surface area contributed by atoms with Crippen molar-refractivity contribution in [2.45, 2.75) is 19.4 Å². The van der Waals surface area contributed by atoms with Crippen LogP contribution in [0.2, 0.25) is 0 Å². The lowest BCUT2D eigenvalue weighted by Crippen LogP contribution is -2.45. The van der Waals surface area contributed by atoms with Gasteiger partial charge in [-0.25, -0.2) is 9.79 Å². The first-order valence-corrected chi connectivity index (χ1v) is 8.49. The molecule has 1 saturated heterocycles. The van der Waals surface area contributed by atoms with E-state index in [-0.39, 0.29) is 17.2 Å². The van der Waals surface area contributed by atoms with E-state index in [1.807, 2.05) is 0 Å². The Labute approximate surface area is 147 Å². The molecule has 2 heterocycles. The Kier molecular flexibility index (Phi) is 4.58. The number of amidine groups is 1. The van der Waals surface area contributed by atoms with E-state index in [2.05, 4.69) is 4.99 Å². The van der Waals surface area contributed by atoms with Gasteiger partial charge >= 0.3 is 5.97 Å². The normalized spacial score (nSPS) is 20.1. The van der Waals surface area contributed by atoms with Crippen LogP contribution < -0.4 is 0 Å². The zero-order valence-corrected chi connectivity index (χ0v) is 14.4. The maximum atomic E-state index is 12.5. The molecule has 0 saturated carbocycles. The molecule has 1 fully saturated rings. The van der Waals surface area contributed by atoms with Crippen LogP contribution in [0.1, 0.15) is 24.9 Å². The highest BCUT2D eigenvalue weighted by atomic mass is 32.2. The summed E-state index contributed by atoms with van der Waals surface area (Å²) in [6, 6.07) is 5.10. The fraction of sp³-hybridized carbons (Fsp3) is 0.312. The number of carbonyl (C=O) groups excluding carboxylic acids is 2. The standard InChI is InChI=1S/C16H15N3O5S/c1-9-13(15(21)24-2)14(10-3-5-11(6-4-10)19(22)23)18-12(20)7-8-25-16(18)17-9/h3-6,14H,7-8H2,1-2H3. The number of rotatable bonds is 3. The van der Waals surface area contributed by atoms with Crippen molar-refractivity contribution in [2.75, 3.05) is 12.9 Å². The molecular weight excluding hydrogens is 346 g/mol. The molecule has 0 radical (unpaired) electrons. The van der Waals surface area contributed by atoms with Gasteiger partial charge in [-0.1, -0.05) is 11.8 Å². The third-order valence-corrected chi connectivity index (χ3v) is 4.99. The van der Waals surface area contributed by atoms with Gasteiger partial charge in [-0.2, -0.15) is 0 Å². The molecule has 0 N–H and O–H groups in total. The molecule has 1 aromatic rings. The Morgan fingerprint density at radius 3 is 2.68 bits per heavy atom. The number of nitro benzene ring substituents is 1. The average Bonchev–Trinajstić information content (AvgIpc) is 2.60. The smallest absolute Gasteiger partial charge is 0.338 e. The number of allylic oxidation sites excluding steroid dienone is 1. The van der Waals surface area contributed by atoms with Gasteiger partial charge in [0.05, 0.1) is 29.3 Å². The minimum Gasteiger partial charge on any atom is -0.466 e. The van der Waals surface area contributed by atoms with Crippen LogP contribution in [0, 0.1) is 10.1 Å². The summed E-state index contributed by atoms with van der Waals surface area (Å²) in [6.45, 7) is 1.69. The molecule has 8 nitrogen and oxygen atoms in total. The van der Waals surface area contributed by atoms with Crippen LogP contribution in [-0.4, -0.2) is 39.7 Å². The van der Waals surface area contributed by atoms with Crippen LogP contribution in [0.15, 0.2) is 40.5 Å². The molecule has 1 amide bonds. The van der Waals surface area contributed by atoms with E-state index in [0.717, 1.165) is 0 Å². The molecule has 0 spiro atoms.